The van der Waals surface area contributed by atoms with E-state index in [1.165, 1.54) is 4.57 Å². The molecule has 9 nitrogen and oxygen atoms in total. The van der Waals surface area contributed by atoms with Crippen molar-refractivity contribution in [3.63, 3.8) is 0 Å². The summed E-state index contributed by atoms with van der Waals surface area (Å²) >= 11 is 0. The van der Waals surface area contributed by atoms with Crippen LogP contribution in [0.25, 0.3) is 22.5 Å². The number of aromatic nitrogens is 4. The van der Waals surface area contributed by atoms with Gasteiger partial charge in [-0.3, -0.25) is 14.5 Å². The molecular formula is C17H21ClN6O3. The van der Waals surface area contributed by atoms with Gasteiger partial charge >= 0.3 is 11.1 Å². The predicted molar refractivity (Wildman–Crippen MR) is 103 cm³/mol. The highest BCUT2D eigenvalue weighted by atomic mass is 35.5. The van der Waals surface area contributed by atoms with Gasteiger partial charge in [0.05, 0.1) is 17.1 Å². The maximum atomic E-state index is 11.9. The second-order valence-electron chi connectivity index (χ2n) is 6.39. The Morgan fingerprint density at radius 2 is 2.15 bits per heavy atom. The average Bonchev–Trinajstić information content (AvgIpc) is 3.13. The molecule has 2 N–H and O–H groups in total. The Bertz CT molecular complexity index is 1070. The number of benzene rings is 1. The summed E-state index contributed by atoms with van der Waals surface area (Å²) in [6.07, 6.45) is 0. The highest BCUT2D eigenvalue weighted by Crippen LogP contribution is 2.24. The van der Waals surface area contributed by atoms with Gasteiger partial charge in [-0.2, -0.15) is 4.98 Å². The zero-order valence-corrected chi connectivity index (χ0v) is 15.9. The quantitative estimate of drug-likeness (QED) is 0.633. The lowest BCUT2D eigenvalue weighted by molar-refractivity contribution is 0.190. The summed E-state index contributed by atoms with van der Waals surface area (Å²) in [6.45, 7) is 4.87. The van der Waals surface area contributed by atoms with E-state index in [0.717, 1.165) is 19.6 Å². The molecule has 0 radical (unpaired) electrons. The molecule has 144 valence electrons. The van der Waals surface area contributed by atoms with Gasteiger partial charge in [-0.05, 0) is 32.2 Å². The van der Waals surface area contributed by atoms with Gasteiger partial charge in [0.25, 0.3) is 5.89 Å². The highest BCUT2D eigenvalue weighted by molar-refractivity contribution is 5.85. The van der Waals surface area contributed by atoms with E-state index in [1.54, 1.807) is 12.1 Å². The van der Waals surface area contributed by atoms with E-state index in [9.17, 15) is 9.59 Å². The molecule has 3 aromatic rings. The van der Waals surface area contributed by atoms with Crippen LogP contribution in [0.2, 0.25) is 0 Å². The standard InChI is InChI=1S/C17H20N6O3.ClH/c1-3-23-12-5-4-10(8-11(12)19-15(24)17(23)25)16-20-14(21-26-16)13-9-18-6-7-22(13)2;/h4-5,8,13,18H,3,6-7,9H2,1-2H3,(H,19,24);1H. The molecule has 1 aliphatic heterocycles. The lowest BCUT2D eigenvalue weighted by atomic mass is 10.1. The van der Waals surface area contributed by atoms with Crippen molar-refractivity contribution in [2.75, 3.05) is 26.7 Å². The summed E-state index contributed by atoms with van der Waals surface area (Å²) in [5.74, 6) is 1.01. The van der Waals surface area contributed by atoms with Gasteiger partial charge in [0.1, 0.15) is 0 Å². The van der Waals surface area contributed by atoms with Crippen molar-refractivity contribution >= 4 is 23.4 Å². The van der Waals surface area contributed by atoms with Crippen LogP contribution >= 0.6 is 12.4 Å². The molecule has 1 atom stereocenters. The fraction of sp³-hybridized carbons (Fsp3) is 0.412. The molecule has 27 heavy (non-hydrogen) atoms. The second-order valence-corrected chi connectivity index (χ2v) is 6.39. The van der Waals surface area contributed by atoms with E-state index in [4.69, 9.17) is 4.52 Å². The number of aromatic amines is 1. The van der Waals surface area contributed by atoms with Crippen molar-refractivity contribution in [2.24, 2.45) is 0 Å². The Kier molecular flexibility index (Phi) is 5.45. The summed E-state index contributed by atoms with van der Waals surface area (Å²) < 4.78 is 6.88. The molecule has 0 spiro atoms. The SMILES string of the molecule is CCn1c(=O)c(=O)[nH]c2cc(-c3nc(C4CNCCN4C)no3)ccc21.Cl. The molecule has 1 saturated heterocycles. The number of hydrogen-bond donors (Lipinski definition) is 2. The number of likely N-dealkylation sites (N-methyl/N-ethyl adjacent to an activating group) is 1. The third-order valence-electron chi connectivity index (χ3n) is 4.79. The number of rotatable bonds is 3. The van der Waals surface area contributed by atoms with Crippen molar-refractivity contribution in [3.05, 3.63) is 44.7 Å². The largest absolute Gasteiger partial charge is 0.334 e. The smallest absolute Gasteiger partial charge is 0.316 e. The van der Waals surface area contributed by atoms with Gasteiger partial charge in [-0.15, -0.1) is 12.4 Å². The van der Waals surface area contributed by atoms with Gasteiger partial charge in [-0.25, -0.2) is 0 Å². The normalized spacial score (nSPS) is 17.8. The fourth-order valence-corrected chi connectivity index (χ4v) is 3.31. The lowest BCUT2D eigenvalue weighted by Crippen LogP contribution is -2.44. The first-order valence-electron chi connectivity index (χ1n) is 8.60. The van der Waals surface area contributed by atoms with E-state index in [-0.39, 0.29) is 18.4 Å². The highest BCUT2D eigenvalue weighted by Gasteiger charge is 2.25. The van der Waals surface area contributed by atoms with Crippen LogP contribution in [0, 0.1) is 0 Å². The number of nitrogens with one attached hydrogen (secondary N) is 2. The third kappa shape index (κ3) is 3.41. The summed E-state index contributed by atoms with van der Waals surface area (Å²) in [6, 6.07) is 5.41. The molecule has 3 heterocycles. The Morgan fingerprint density at radius 3 is 2.89 bits per heavy atom. The van der Waals surface area contributed by atoms with Crippen molar-refractivity contribution in [2.45, 2.75) is 19.5 Å². The molecular weight excluding hydrogens is 372 g/mol. The zero-order chi connectivity index (χ0) is 18.3. The summed E-state index contributed by atoms with van der Waals surface area (Å²) in [7, 11) is 2.03. The molecule has 4 rings (SSSR count). The van der Waals surface area contributed by atoms with Crippen LogP contribution in [0.4, 0.5) is 0 Å². The van der Waals surface area contributed by atoms with Crippen LogP contribution in [0.5, 0.6) is 0 Å². The summed E-state index contributed by atoms with van der Waals surface area (Å²) in [5.41, 5.74) is 0.722. The molecule has 1 unspecified atom stereocenters. The van der Waals surface area contributed by atoms with Crippen LogP contribution < -0.4 is 16.4 Å². The Morgan fingerprint density at radius 1 is 1.33 bits per heavy atom. The van der Waals surface area contributed by atoms with E-state index in [2.05, 4.69) is 25.3 Å². The molecule has 0 bridgehead atoms. The monoisotopic (exact) mass is 392 g/mol. The third-order valence-corrected chi connectivity index (χ3v) is 4.79. The van der Waals surface area contributed by atoms with Gasteiger partial charge in [0.2, 0.25) is 0 Å². The summed E-state index contributed by atoms with van der Waals surface area (Å²) in [4.78, 5) is 33.1. The molecule has 0 saturated carbocycles. The summed E-state index contributed by atoms with van der Waals surface area (Å²) in [5, 5.41) is 7.44. The first-order chi connectivity index (χ1) is 12.6. The zero-order valence-electron chi connectivity index (χ0n) is 15.1. The van der Waals surface area contributed by atoms with Crippen LogP contribution in [0.1, 0.15) is 18.8 Å². The first kappa shape index (κ1) is 19.3. The Balaban J connectivity index is 0.00000210. The van der Waals surface area contributed by atoms with E-state index in [1.807, 2.05) is 20.0 Å². The second kappa shape index (κ2) is 7.63. The van der Waals surface area contributed by atoms with Gasteiger partial charge < -0.3 is 19.4 Å². The molecule has 10 heteroatoms. The van der Waals surface area contributed by atoms with Crippen molar-refractivity contribution in [1.82, 2.24) is 29.9 Å². The molecule has 0 aliphatic carbocycles. The number of nitrogens with zero attached hydrogens (tertiary/aromatic N) is 4. The number of piperazine rings is 1. The number of H-pyrrole nitrogens is 1. The van der Waals surface area contributed by atoms with Gasteiger partial charge in [-0.1, -0.05) is 5.16 Å². The lowest BCUT2D eigenvalue weighted by Gasteiger charge is -2.30. The number of hydrogen-bond acceptors (Lipinski definition) is 7. The number of fused-ring (bicyclic) bond motifs is 1. The molecule has 1 fully saturated rings. The number of aryl methyl sites for hydroxylation is 1. The van der Waals surface area contributed by atoms with Crippen LogP contribution in [0.3, 0.4) is 0 Å². The van der Waals surface area contributed by atoms with Crippen molar-refractivity contribution < 1.29 is 4.52 Å². The Hall–Kier alpha value is -2.49. The van der Waals surface area contributed by atoms with Crippen LogP contribution in [0.15, 0.2) is 32.3 Å². The van der Waals surface area contributed by atoms with Crippen LogP contribution in [-0.4, -0.2) is 51.3 Å². The van der Waals surface area contributed by atoms with Crippen LogP contribution in [-0.2, 0) is 6.54 Å². The maximum absolute atomic E-state index is 11.9. The van der Waals surface area contributed by atoms with E-state index < -0.39 is 11.1 Å². The minimum Gasteiger partial charge on any atom is -0.334 e. The average molecular weight is 393 g/mol. The van der Waals surface area contributed by atoms with Crippen molar-refractivity contribution in [3.8, 4) is 11.5 Å². The topological polar surface area (TPSA) is 109 Å². The fourth-order valence-electron chi connectivity index (χ4n) is 3.31. The minimum atomic E-state index is -0.641. The molecule has 2 aromatic heterocycles. The molecule has 0 amide bonds. The predicted octanol–water partition coefficient (Wildman–Crippen LogP) is 0.758. The van der Waals surface area contributed by atoms with E-state index >= 15 is 0 Å². The maximum Gasteiger partial charge on any atom is 0.316 e. The van der Waals surface area contributed by atoms with E-state index in [0.29, 0.717) is 34.9 Å². The first-order valence-corrected chi connectivity index (χ1v) is 8.60. The minimum absolute atomic E-state index is 0. The number of halogens is 1. The molecule has 1 aliphatic rings. The molecule has 1 aromatic carbocycles. The Labute approximate surface area is 160 Å². The van der Waals surface area contributed by atoms with Gasteiger partial charge in [0.15, 0.2) is 5.82 Å². The van der Waals surface area contributed by atoms with Crippen molar-refractivity contribution in [1.29, 1.82) is 0 Å². The van der Waals surface area contributed by atoms with Gasteiger partial charge in [0, 0.05) is 31.7 Å².